The molecule has 2 nitrogen and oxygen atoms in total. The van der Waals surface area contributed by atoms with Gasteiger partial charge in [-0.3, -0.25) is 4.90 Å². The molecule has 0 aromatic carbocycles. The Labute approximate surface area is 89.1 Å². The molecule has 0 spiro atoms. The van der Waals surface area contributed by atoms with Crippen LogP contribution in [0.1, 0.15) is 41.0 Å². The first-order valence-corrected chi connectivity index (χ1v) is 5.93. The topological polar surface area (TPSA) is 15.3 Å². The molecule has 1 aliphatic heterocycles. The van der Waals surface area contributed by atoms with Crippen molar-refractivity contribution in [2.45, 2.75) is 53.1 Å². The third-order valence-corrected chi connectivity index (χ3v) is 3.44. The lowest BCUT2D eigenvalue weighted by atomic mass is 9.83. The Morgan fingerprint density at radius 2 is 2.07 bits per heavy atom. The number of hydrogen-bond acceptors (Lipinski definition) is 2. The van der Waals surface area contributed by atoms with Crippen LogP contribution in [-0.4, -0.2) is 36.6 Å². The van der Waals surface area contributed by atoms with E-state index in [2.05, 4.69) is 44.8 Å². The lowest BCUT2D eigenvalue weighted by Crippen LogP contribution is -2.59. The Hall–Kier alpha value is -0.0800. The Morgan fingerprint density at radius 3 is 2.57 bits per heavy atom. The molecule has 14 heavy (non-hydrogen) atoms. The molecule has 0 saturated carbocycles. The van der Waals surface area contributed by atoms with Crippen LogP contribution in [0.25, 0.3) is 0 Å². The monoisotopic (exact) mass is 198 g/mol. The van der Waals surface area contributed by atoms with Gasteiger partial charge in [0, 0.05) is 31.7 Å². The van der Waals surface area contributed by atoms with Crippen LogP contribution in [0, 0.1) is 5.41 Å². The highest BCUT2D eigenvalue weighted by Crippen LogP contribution is 2.27. The summed E-state index contributed by atoms with van der Waals surface area (Å²) in [6, 6.07) is 1.41. The molecule has 1 saturated heterocycles. The molecular weight excluding hydrogens is 172 g/mol. The largest absolute Gasteiger partial charge is 0.314 e. The fourth-order valence-electron chi connectivity index (χ4n) is 2.29. The Balaban J connectivity index is 2.69. The molecule has 1 heterocycles. The minimum absolute atomic E-state index is 0.386. The summed E-state index contributed by atoms with van der Waals surface area (Å²) in [4.78, 5) is 2.68. The first kappa shape index (κ1) is 12.0. The van der Waals surface area contributed by atoms with E-state index in [0.717, 1.165) is 19.1 Å². The van der Waals surface area contributed by atoms with Crippen molar-refractivity contribution in [1.82, 2.24) is 10.2 Å². The van der Waals surface area contributed by atoms with Gasteiger partial charge in [-0.1, -0.05) is 27.7 Å². The molecule has 1 fully saturated rings. The van der Waals surface area contributed by atoms with E-state index in [1.807, 2.05) is 0 Å². The van der Waals surface area contributed by atoms with Gasteiger partial charge in [0.25, 0.3) is 0 Å². The molecule has 1 aliphatic rings. The van der Waals surface area contributed by atoms with E-state index >= 15 is 0 Å². The van der Waals surface area contributed by atoms with Crippen molar-refractivity contribution in [3.8, 4) is 0 Å². The third-order valence-electron chi connectivity index (χ3n) is 3.44. The maximum absolute atomic E-state index is 3.51. The van der Waals surface area contributed by atoms with Gasteiger partial charge < -0.3 is 5.32 Å². The van der Waals surface area contributed by atoms with Gasteiger partial charge in [0.2, 0.25) is 0 Å². The van der Waals surface area contributed by atoms with Crippen molar-refractivity contribution in [3.05, 3.63) is 0 Å². The predicted molar refractivity (Wildman–Crippen MR) is 62.6 cm³/mol. The zero-order valence-electron chi connectivity index (χ0n) is 10.4. The summed E-state index contributed by atoms with van der Waals surface area (Å²) < 4.78 is 0. The molecule has 2 heteroatoms. The number of piperazine rings is 1. The second kappa shape index (κ2) is 4.63. The number of nitrogens with one attached hydrogen (secondary N) is 1. The Bertz CT molecular complexity index is 172. The zero-order valence-corrected chi connectivity index (χ0v) is 10.4. The highest BCUT2D eigenvalue weighted by Gasteiger charge is 2.33. The van der Waals surface area contributed by atoms with E-state index in [1.54, 1.807) is 0 Å². The Morgan fingerprint density at radius 1 is 1.43 bits per heavy atom. The number of rotatable bonds is 2. The summed E-state index contributed by atoms with van der Waals surface area (Å²) >= 11 is 0. The molecule has 2 unspecified atom stereocenters. The summed E-state index contributed by atoms with van der Waals surface area (Å²) in [6.45, 7) is 15.2. The standard InChI is InChI=1S/C12H26N2/c1-6-10(2)14-8-7-13-9-11(14)12(3,4)5/h10-11,13H,6-9H2,1-5H3. The van der Waals surface area contributed by atoms with Crippen LogP contribution < -0.4 is 5.32 Å². The van der Waals surface area contributed by atoms with Crippen LogP contribution in [0.5, 0.6) is 0 Å². The van der Waals surface area contributed by atoms with Gasteiger partial charge in [0.1, 0.15) is 0 Å². The van der Waals surface area contributed by atoms with Crippen LogP contribution >= 0.6 is 0 Å². The molecule has 2 atom stereocenters. The highest BCUT2D eigenvalue weighted by atomic mass is 15.2. The molecule has 0 aliphatic carbocycles. The van der Waals surface area contributed by atoms with E-state index in [4.69, 9.17) is 0 Å². The van der Waals surface area contributed by atoms with Crippen molar-refractivity contribution in [1.29, 1.82) is 0 Å². The van der Waals surface area contributed by atoms with Crippen LogP contribution in [0.3, 0.4) is 0 Å². The first-order valence-electron chi connectivity index (χ1n) is 5.93. The predicted octanol–water partition coefficient (Wildman–Crippen LogP) is 2.10. The van der Waals surface area contributed by atoms with E-state index in [-0.39, 0.29) is 0 Å². The second-order valence-electron chi connectivity index (χ2n) is 5.58. The summed E-state index contributed by atoms with van der Waals surface area (Å²) in [5.74, 6) is 0. The van der Waals surface area contributed by atoms with Crippen molar-refractivity contribution < 1.29 is 0 Å². The van der Waals surface area contributed by atoms with Gasteiger partial charge in [-0.15, -0.1) is 0 Å². The molecule has 0 amide bonds. The van der Waals surface area contributed by atoms with Crippen molar-refractivity contribution in [3.63, 3.8) is 0 Å². The van der Waals surface area contributed by atoms with Crippen LogP contribution in [0.4, 0.5) is 0 Å². The molecule has 1 rings (SSSR count). The molecular formula is C12H26N2. The van der Waals surface area contributed by atoms with Crippen LogP contribution in [0.15, 0.2) is 0 Å². The highest BCUT2D eigenvalue weighted by molar-refractivity contribution is 4.90. The lowest BCUT2D eigenvalue weighted by Gasteiger charge is -2.46. The van der Waals surface area contributed by atoms with Crippen molar-refractivity contribution in [2.24, 2.45) is 5.41 Å². The molecule has 84 valence electrons. The normalized spacial score (nSPS) is 27.6. The number of nitrogens with zero attached hydrogens (tertiary/aromatic N) is 1. The fourth-order valence-corrected chi connectivity index (χ4v) is 2.29. The van der Waals surface area contributed by atoms with Gasteiger partial charge in [0.05, 0.1) is 0 Å². The van der Waals surface area contributed by atoms with E-state index in [9.17, 15) is 0 Å². The number of hydrogen-bond donors (Lipinski definition) is 1. The fraction of sp³-hybridized carbons (Fsp3) is 1.00. The molecule has 1 N–H and O–H groups in total. The maximum atomic E-state index is 3.51. The molecule has 0 radical (unpaired) electrons. The SMILES string of the molecule is CCC(C)N1CCNCC1C(C)(C)C. The smallest absolute Gasteiger partial charge is 0.0272 e. The summed E-state index contributed by atoms with van der Waals surface area (Å²) in [5.41, 5.74) is 0.386. The Kier molecular flexibility index (Phi) is 3.96. The van der Waals surface area contributed by atoms with Gasteiger partial charge in [-0.2, -0.15) is 0 Å². The van der Waals surface area contributed by atoms with Crippen molar-refractivity contribution >= 4 is 0 Å². The zero-order chi connectivity index (χ0) is 10.8. The van der Waals surface area contributed by atoms with Crippen LogP contribution in [0.2, 0.25) is 0 Å². The average molecular weight is 198 g/mol. The van der Waals surface area contributed by atoms with Crippen LogP contribution in [-0.2, 0) is 0 Å². The quantitative estimate of drug-likeness (QED) is 0.731. The molecule has 0 bridgehead atoms. The summed E-state index contributed by atoms with van der Waals surface area (Å²) in [6.07, 6.45) is 1.26. The lowest BCUT2D eigenvalue weighted by molar-refractivity contribution is 0.0424. The van der Waals surface area contributed by atoms with Gasteiger partial charge in [0.15, 0.2) is 0 Å². The second-order valence-corrected chi connectivity index (χ2v) is 5.58. The summed E-state index contributed by atoms with van der Waals surface area (Å²) in [7, 11) is 0. The van der Waals surface area contributed by atoms with E-state index in [0.29, 0.717) is 11.5 Å². The summed E-state index contributed by atoms with van der Waals surface area (Å²) in [5, 5.41) is 3.51. The minimum Gasteiger partial charge on any atom is -0.314 e. The minimum atomic E-state index is 0.386. The van der Waals surface area contributed by atoms with Gasteiger partial charge >= 0.3 is 0 Å². The maximum Gasteiger partial charge on any atom is 0.0272 e. The van der Waals surface area contributed by atoms with E-state index < -0.39 is 0 Å². The third kappa shape index (κ3) is 2.71. The van der Waals surface area contributed by atoms with E-state index in [1.165, 1.54) is 13.0 Å². The molecule has 0 aromatic heterocycles. The molecule has 0 aromatic rings. The van der Waals surface area contributed by atoms with Gasteiger partial charge in [-0.25, -0.2) is 0 Å². The van der Waals surface area contributed by atoms with Crippen molar-refractivity contribution in [2.75, 3.05) is 19.6 Å². The first-order chi connectivity index (χ1) is 6.46. The average Bonchev–Trinajstić information content (AvgIpc) is 2.15. The van der Waals surface area contributed by atoms with Gasteiger partial charge in [-0.05, 0) is 18.8 Å².